The standard InChI is InChI=1S/C22H29FN4O3/c23-18-12-17(20-16(19(18)24)2-1-7-25-20)21(28)26-13-15-3-8-27(9-4-15)14-22(29)5-10-30-11-6-22/h1-2,7,12,15,29H,3-6,8-11,13-14,24H2,(H,26,28). The highest BCUT2D eigenvalue weighted by molar-refractivity contribution is 6.08. The Kier molecular flexibility index (Phi) is 6.17. The van der Waals surface area contributed by atoms with E-state index in [4.69, 9.17) is 10.5 Å². The smallest absolute Gasteiger partial charge is 0.253 e. The van der Waals surface area contributed by atoms with Crippen LogP contribution in [0.3, 0.4) is 0 Å². The molecular formula is C22H29FN4O3. The molecule has 0 bridgehead atoms. The molecule has 0 saturated carbocycles. The average molecular weight is 416 g/mol. The van der Waals surface area contributed by atoms with Crippen molar-refractivity contribution >= 4 is 22.5 Å². The number of anilines is 1. The number of piperidine rings is 1. The molecule has 2 aliphatic heterocycles. The number of likely N-dealkylation sites (tertiary alicyclic amines) is 1. The van der Waals surface area contributed by atoms with Gasteiger partial charge in [-0.1, -0.05) is 0 Å². The van der Waals surface area contributed by atoms with Gasteiger partial charge in [-0.15, -0.1) is 0 Å². The molecule has 0 spiro atoms. The number of aliphatic hydroxyl groups is 1. The van der Waals surface area contributed by atoms with Crippen LogP contribution in [0.5, 0.6) is 0 Å². The van der Waals surface area contributed by atoms with Gasteiger partial charge < -0.3 is 25.8 Å². The number of β-amino-alcohol motifs (C(OH)–C–C–N with tert-alkyl or cyclic N) is 1. The second kappa shape index (κ2) is 8.83. The third kappa shape index (κ3) is 4.55. The molecule has 0 radical (unpaired) electrons. The zero-order valence-corrected chi connectivity index (χ0v) is 17.1. The Bertz CT molecular complexity index is 909. The highest BCUT2D eigenvalue weighted by Gasteiger charge is 2.33. The predicted molar refractivity (Wildman–Crippen MR) is 113 cm³/mol. The molecule has 2 aromatic rings. The van der Waals surface area contributed by atoms with E-state index in [0.717, 1.165) is 32.0 Å². The molecule has 1 amide bonds. The molecule has 2 aliphatic rings. The fourth-order valence-electron chi connectivity index (χ4n) is 4.42. The fourth-order valence-corrected chi connectivity index (χ4v) is 4.42. The number of nitrogens with one attached hydrogen (secondary N) is 1. The molecule has 4 N–H and O–H groups in total. The van der Waals surface area contributed by atoms with E-state index in [1.165, 1.54) is 0 Å². The summed E-state index contributed by atoms with van der Waals surface area (Å²) in [6.45, 7) is 4.24. The molecule has 30 heavy (non-hydrogen) atoms. The second-order valence-electron chi connectivity index (χ2n) is 8.49. The Balaban J connectivity index is 1.31. The molecule has 4 rings (SSSR count). The number of ether oxygens (including phenoxy) is 1. The first-order valence-electron chi connectivity index (χ1n) is 10.6. The molecule has 0 unspecified atom stereocenters. The summed E-state index contributed by atoms with van der Waals surface area (Å²) in [5.74, 6) is -0.594. The van der Waals surface area contributed by atoms with Crippen LogP contribution < -0.4 is 11.1 Å². The van der Waals surface area contributed by atoms with E-state index in [-0.39, 0.29) is 17.2 Å². The molecule has 0 atom stereocenters. The summed E-state index contributed by atoms with van der Waals surface area (Å²) >= 11 is 0. The van der Waals surface area contributed by atoms with Gasteiger partial charge in [-0.25, -0.2) is 4.39 Å². The Morgan fingerprint density at radius 1 is 1.37 bits per heavy atom. The van der Waals surface area contributed by atoms with Gasteiger partial charge in [0.15, 0.2) is 0 Å². The van der Waals surface area contributed by atoms with Crippen LogP contribution >= 0.6 is 0 Å². The minimum absolute atomic E-state index is 0.00760. The maximum atomic E-state index is 14.2. The van der Waals surface area contributed by atoms with Crippen molar-refractivity contribution in [3.8, 4) is 0 Å². The van der Waals surface area contributed by atoms with Crippen molar-refractivity contribution in [2.24, 2.45) is 5.92 Å². The fraction of sp³-hybridized carbons (Fsp3) is 0.545. The molecule has 162 valence electrons. The van der Waals surface area contributed by atoms with Gasteiger partial charge in [0.25, 0.3) is 5.91 Å². The summed E-state index contributed by atoms with van der Waals surface area (Å²) < 4.78 is 19.5. The zero-order valence-electron chi connectivity index (χ0n) is 17.1. The molecule has 7 nitrogen and oxygen atoms in total. The lowest BCUT2D eigenvalue weighted by molar-refractivity contribution is -0.0829. The Hall–Kier alpha value is -2.29. The molecule has 8 heteroatoms. The topological polar surface area (TPSA) is 101 Å². The van der Waals surface area contributed by atoms with Crippen LogP contribution in [0.4, 0.5) is 10.1 Å². The van der Waals surface area contributed by atoms with E-state index >= 15 is 0 Å². The summed E-state index contributed by atoms with van der Waals surface area (Å²) in [6, 6.07) is 4.50. The van der Waals surface area contributed by atoms with Gasteiger partial charge in [0.1, 0.15) is 5.82 Å². The minimum Gasteiger partial charge on any atom is -0.396 e. The van der Waals surface area contributed by atoms with Gasteiger partial charge in [-0.2, -0.15) is 0 Å². The number of pyridine rings is 1. The molecule has 2 saturated heterocycles. The maximum absolute atomic E-state index is 14.2. The first-order chi connectivity index (χ1) is 14.5. The van der Waals surface area contributed by atoms with Crippen molar-refractivity contribution in [3.63, 3.8) is 0 Å². The van der Waals surface area contributed by atoms with Gasteiger partial charge in [-0.3, -0.25) is 9.78 Å². The highest BCUT2D eigenvalue weighted by atomic mass is 19.1. The summed E-state index contributed by atoms with van der Waals surface area (Å²) in [7, 11) is 0. The number of rotatable bonds is 5. The van der Waals surface area contributed by atoms with Crippen LogP contribution in [-0.2, 0) is 4.74 Å². The Morgan fingerprint density at radius 3 is 2.83 bits per heavy atom. The summed E-state index contributed by atoms with van der Waals surface area (Å²) in [5.41, 5.74) is 5.77. The SMILES string of the molecule is Nc1c(F)cc(C(=O)NCC2CCN(CC3(O)CCOCC3)CC2)c2ncccc12. The number of hydrogen-bond donors (Lipinski definition) is 3. The number of amides is 1. The second-order valence-corrected chi connectivity index (χ2v) is 8.49. The third-order valence-electron chi connectivity index (χ3n) is 6.33. The highest BCUT2D eigenvalue weighted by Crippen LogP contribution is 2.27. The van der Waals surface area contributed by atoms with E-state index in [2.05, 4.69) is 15.2 Å². The monoisotopic (exact) mass is 416 g/mol. The number of benzene rings is 1. The van der Waals surface area contributed by atoms with Crippen molar-refractivity contribution in [1.29, 1.82) is 0 Å². The zero-order chi connectivity index (χ0) is 21.1. The quantitative estimate of drug-likeness (QED) is 0.644. The van der Waals surface area contributed by atoms with E-state index < -0.39 is 11.4 Å². The van der Waals surface area contributed by atoms with Crippen LogP contribution in [-0.4, -0.2) is 65.9 Å². The van der Waals surface area contributed by atoms with Gasteiger partial charge in [0.2, 0.25) is 0 Å². The Morgan fingerprint density at radius 2 is 2.10 bits per heavy atom. The van der Waals surface area contributed by atoms with E-state index in [0.29, 0.717) is 56.0 Å². The molecule has 1 aromatic carbocycles. The maximum Gasteiger partial charge on any atom is 0.253 e. The number of halogens is 1. The number of nitrogens with two attached hydrogens (primary N) is 1. The summed E-state index contributed by atoms with van der Waals surface area (Å²) in [6.07, 6.45) is 4.83. The molecular weight excluding hydrogens is 387 g/mol. The lowest BCUT2D eigenvalue weighted by Crippen LogP contribution is -2.49. The normalized spacial score (nSPS) is 20.3. The number of aromatic nitrogens is 1. The number of nitrogen functional groups attached to an aromatic ring is 1. The Labute approximate surface area is 175 Å². The van der Waals surface area contributed by atoms with Crippen molar-refractivity contribution < 1.29 is 19.0 Å². The number of nitrogens with zero attached hydrogens (tertiary/aromatic N) is 2. The van der Waals surface area contributed by atoms with Crippen LogP contribution in [0.25, 0.3) is 10.9 Å². The van der Waals surface area contributed by atoms with E-state index in [1.807, 2.05) is 0 Å². The van der Waals surface area contributed by atoms with Gasteiger partial charge >= 0.3 is 0 Å². The van der Waals surface area contributed by atoms with Crippen molar-refractivity contribution in [1.82, 2.24) is 15.2 Å². The summed E-state index contributed by atoms with van der Waals surface area (Å²) in [4.78, 5) is 19.2. The number of hydrogen-bond acceptors (Lipinski definition) is 6. The van der Waals surface area contributed by atoms with E-state index in [9.17, 15) is 14.3 Å². The third-order valence-corrected chi connectivity index (χ3v) is 6.33. The first kappa shape index (κ1) is 21.0. The van der Waals surface area contributed by atoms with Gasteiger partial charge in [0, 0.05) is 50.7 Å². The average Bonchev–Trinajstić information content (AvgIpc) is 2.76. The minimum atomic E-state index is -0.646. The van der Waals surface area contributed by atoms with E-state index in [1.54, 1.807) is 18.3 Å². The lowest BCUT2D eigenvalue weighted by atomic mass is 9.91. The number of carbonyl (C=O) groups excluding carboxylic acids is 1. The van der Waals surface area contributed by atoms with Crippen molar-refractivity contribution in [2.75, 3.05) is 45.1 Å². The molecule has 2 fully saturated rings. The molecule has 1 aromatic heterocycles. The van der Waals surface area contributed by atoms with Crippen molar-refractivity contribution in [2.45, 2.75) is 31.3 Å². The van der Waals surface area contributed by atoms with Crippen LogP contribution in [0.1, 0.15) is 36.0 Å². The lowest BCUT2D eigenvalue weighted by Gasteiger charge is -2.39. The summed E-state index contributed by atoms with van der Waals surface area (Å²) in [5, 5.41) is 14.1. The van der Waals surface area contributed by atoms with Crippen molar-refractivity contribution in [3.05, 3.63) is 35.8 Å². The predicted octanol–water partition coefficient (Wildman–Crippen LogP) is 1.94. The van der Waals surface area contributed by atoms with Crippen LogP contribution in [0.2, 0.25) is 0 Å². The molecule has 3 heterocycles. The van der Waals surface area contributed by atoms with Gasteiger partial charge in [0.05, 0.1) is 22.4 Å². The first-order valence-corrected chi connectivity index (χ1v) is 10.6. The number of fused-ring (bicyclic) bond motifs is 1. The van der Waals surface area contributed by atoms with Crippen LogP contribution in [0, 0.1) is 11.7 Å². The molecule has 0 aliphatic carbocycles. The largest absolute Gasteiger partial charge is 0.396 e. The van der Waals surface area contributed by atoms with Gasteiger partial charge in [-0.05, 0) is 50.0 Å². The van der Waals surface area contributed by atoms with Crippen LogP contribution in [0.15, 0.2) is 24.4 Å². The number of carbonyl (C=O) groups is 1.